The van der Waals surface area contributed by atoms with Crippen LogP contribution in [-0.4, -0.2) is 5.11 Å². The molecule has 1 unspecified atom stereocenters. The molecule has 0 aromatic heterocycles. The molecule has 2 aromatic carbocycles. The van der Waals surface area contributed by atoms with E-state index in [1.807, 2.05) is 32.0 Å². The minimum Gasteiger partial charge on any atom is -0.384 e. The van der Waals surface area contributed by atoms with Crippen LogP contribution >= 0.6 is 0 Å². The minimum absolute atomic E-state index is 0.328. The SMILES string of the molecule is Cc1ccc(C)c(C(O)c2cccc(C)c2F)c1. The van der Waals surface area contributed by atoms with Gasteiger partial charge in [-0.15, -0.1) is 0 Å². The monoisotopic (exact) mass is 244 g/mol. The zero-order valence-corrected chi connectivity index (χ0v) is 10.9. The van der Waals surface area contributed by atoms with E-state index < -0.39 is 6.10 Å². The van der Waals surface area contributed by atoms with Crippen LogP contribution in [0.2, 0.25) is 0 Å². The number of hydrogen-bond donors (Lipinski definition) is 1. The van der Waals surface area contributed by atoms with Crippen LogP contribution in [0.3, 0.4) is 0 Å². The Labute approximate surface area is 107 Å². The quantitative estimate of drug-likeness (QED) is 0.851. The largest absolute Gasteiger partial charge is 0.384 e. The topological polar surface area (TPSA) is 20.2 Å². The second kappa shape index (κ2) is 4.91. The second-order valence-corrected chi connectivity index (χ2v) is 4.74. The number of aryl methyl sites for hydroxylation is 3. The van der Waals surface area contributed by atoms with Crippen molar-refractivity contribution in [2.24, 2.45) is 0 Å². The molecule has 2 rings (SSSR count). The summed E-state index contributed by atoms with van der Waals surface area (Å²) in [4.78, 5) is 0. The van der Waals surface area contributed by atoms with Crippen molar-refractivity contribution in [2.75, 3.05) is 0 Å². The van der Waals surface area contributed by atoms with Crippen molar-refractivity contribution in [1.82, 2.24) is 0 Å². The maximum atomic E-state index is 14.0. The van der Waals surface area contributed by atoms with Gasteiger partial charge < -0.3 is 5.11 Å². The van der Waals surface area contributed by atoms with Gasteiger partial charge >= 0.3 is 0 Å². The second-order valence-electron chi connectivity index (χ2n) is 4.74. The van der Waals surface area contributed by atoms with Gasteiger partial charge in [-0.3, -0.25) is 0 Å². The van der Waals surface area contributed by atoms with Crippen LogP contribution in [0.15, 0.2) is 36.4 Å². The summed E-state index contributed by atoms with van der Waals surface area (Å²) >= 11 is 0. The summed E-state index contributed by atoms with van der Waals surface area (Å²) in [6.45, 7) is 5.59. The highest BCUT2D eigenvalue weighted by molar-refractivity contribution is 5.39. The first kappa shape index (κ1) is 12.8. The van der Waals surface area contributed by atoms with Gasteiger partial charge in [-0.05, 0) is 37.5 Å². The molecule has 0 aliphatic heterocycles. The zero-order valence-electron chi connectivity index (χ0n) is 10.9. The molecule has 0 radical (unpaired) electrons. The Hall–Kier alpha value is -1.67. The molecule has 0 saturated carbocycles. The van der Waals surface area contributed by atoms with Crippen molar-refractivity contribution in [3.05, 3.63) is 70.0 Å². The molecule has 0 bridgehead atoms. The van der Waals surface area contributed by atoms with E-state index in [2.05, 4.69) is 0 Å². The lowest BCUT2D eigenvalue weighted by atomic mass is 9.94. The van der Waals surface area contributed by atoms with E-state index >= 15 is 0 Å². The summed E-state index contributed by atoms with van der Waals surface area (Å²) in [5, 5.41) is 10.4. The van der Waals surface area contributed by atoms with E-state index in [1.165, 1.54) is 0 Å². The first-order valence-electron chi connectivity index (χ1n) is 6.01. The van der Waals surface area contributed by atoms with E-state index in [0.29, 0.717) is 11.1 Å². The first-order chi connectivity index (χ1) is 8.50. The lowest BCUT2D eigenvalue weighted by Gasteiger charge is -2.16. The molecule has 0 saturated heterocycles. The van der Waals surface area contributed by atoms with Crippen molar-refractivity contribution in [3.8, 4) is 0 Å². The number of aliphatic hydroxyl groups excluding tert-OH is 1. The smallest absolute Gasteiger partial charge is 0.132 e. The van der Waals surface area contributed by atoms with E-state index in [-0.39, 0.29) is 5.82 Å². The third kappa shape index (κ3) is 2.29. The van der Waals surface area contributed by atoms with Gasteiger partial charge in [0.1, 0.15) is 11.9 Å². The third-order valence-corrected chi connectivity index (χ3v) is 3.25. The van der Waals surface area contributed by atoms with E-state index in [0.717, 1.165) is 16.7 Å². The summed E-state index contributed by atoms with van der Waals surface area (Å²) in [5.41, 5.74) is 3.68. The summed E-state index contributed by atoms with van der Waals surface area (Å²) in [5.74, 6) is -0.328. The Bertz CT molecular complexity index is 573. The predicted molar refractivity (Wildman–Crippen MR) is 71.1 cm³/mol. The molecular formula is C16H17FO. The molecule has 94 valence electrons. The Morgan fingerprint density at radius 2 is 1.67 bits per heavy atom. The fourth-order valence-electron chi connectivity index (χ4n) is 2.10. The normalized spacial score (nSPS) is 12.5. The van der Waals surface area contributed by atoms with E-state index in [9.17, 15) is 9.50 Å². The van der Waals surface area contributed by atoms with Gasteiger partial charge in [0.25, 0.3) is 0 Å². The minimum atomic E-state index is -0.912. The molecule has 0 aliphatic rings. The summed E-state index contributed by atoms with van der Waals surface area (Å²) in [7, 11) is 0. The fourth-order valence-corrected chi connectivity index (χ4v) is 2.10. The number of hydrogen-bond acceptors (Lipinski definition) is 1. The van der Waals surface area contributed by atoms with Crippen LogP contribution in [0.1, 0.15) is 33.9 Å². The number of aliphatic hydroxyl groups is 1. The molecule has 2 heteroatoms. The van der Waals surface area contributed by atoms with Gasteiger partial charge in [0.2, 0.25) is 0 Å². The van der Waals surface area contributed by atoms with Crippen molar-refractivity contribution in [2.45, 2.75) is 26.9 Å². The highest BCUT2D eigenvalue weighted by Crippen LogP contribution is 2.28. The lowest BCUT2D eigenvalue weighted by Crippen LogP contribution is -2.06. The summed E-state index contributed by atoms with van der Waals surface area (Å²) < 4.78 is 14.0. The van der Waals surface area contributed by atoms with Gasteiger partial charge in [0.15, 0.2) is 0 Å². The lowest BCUT2D eigenvalue weighted by molar-refractivity contribution is 0.214. The van der Waals surface area contributed by atoms with Crippen molar-refractivity contribution >= 4 is 0 Å². The predicted octanol–water partition coefficient (Wildman–Crippen LogP) is 3.83. The summed E-state index contributed by atoms with van der Waals surface area (Å²) in [6.07, 6.45) is -0.912. The number of benzene rings is 2. The number of rotatable bonds is 2. The molecule has 1 nitrogen and oxygen atoms in total. The molecule has 0 heterocycles. The average Bonchev–Trinajstić information content (AvgIpc) is 2.35. The number of halogens is 1. The molecule has 2 aromatic rings. The molecule has 1 atom stereocenters. The maximum Gasteiger partial charge on any atom is 0.132 e. The molecule has 0 amide bonds. The van der Waals surface area contributed by atoms with Crippen molar-refractivity contribution in [3.63, 3.8) is 0 Å². The van der Waals surface area contributed by atoms with Gasteiger partial charge in [-0.2, -0.15) is 0 Å². The van der Waals surface area contributed by atoms with Gasteiger partial charge in [-0.25, -0.2) is 4.39 Å². The first-order valence-corrected chi connectivity index (χ1v) is 6.01. The molecule has 0 fully saturated rings. The molecule has 0 spiro atoms. The Balaban J connectivity index is 2.51. The molecule has 18 heavy (non-hydrogen) atoms. The van der Waals surface area contributed by atoms with E-state index in [1.54, 1.807) is 25.1 Å². The van der Waals surface area contributed by atoms with Crippen LogP contribution in [0, 0.1) is 26.6 Å². The van der Waals surface area contributed by atoms with Crippen LogP contribution in [0.25, 0.3) is 0 Å². The van der Waals surface area contributed by atoms with Crippen LogP contribution < -0.4 is 0 Å². The Morgan fingerprint density at radius 3 is 2.39 bits per heavy atom. The zero-order chi connectivity index (χ0) is 13.3. The van der Waals surface area contributed by atoms with Gasteiger partial charge in [0, 0.05) is 5.56 Å². The average molecular weight is 244 g/mol. The van der Waals surface area contributed by atoms with Crippen molar-refractivity contribution < 1.29 is 9.50 Å². The standard InChI is InChI=1S/C16H17FO/c1-10-7-8-11(2)14(9-10)16(18)13-6-4-5-12(3)15(13)17/h4-9,16,18H,1-3H3. The summed E-state index contributed by atoms with van der Waals surface area (Å²) in [6, 6.07) is 10.9. The fraction of sp³-hybridized carbons (Fsp3) is 0.250. The van der Waals surface area contributed by atoms with Gasteiger partial charge in [-0.1, -0.05) is 42.0 Å². The molecular weight excluding hydrogens is 227 g/mol. The van der Waals surface area contributed by atoms with Crippen LogP contribution in [0.4, 0.5) is 4.39 Å². The van der Waals surface area contributed by atoms with E-state index in [4.69, 9.17) is 0 Å². The van der Waals surface area contributed by atoms with Crippen LogP contribution in [-0.2, 0) is 0 Å². The van der Waals surface area contributed by atoms with Gasteiger partial charge in [0.05, 0.1) is 0 Å². The highest BCUT2D eigenvalue weighted by atomic mass is 19.1. The highest BCUT2D eigenvalue weighted by Gasteiger charge is 2.17. The Kier molecular flexibility index (Phi) is 3.48. The van der Waals surface area contributed by atoms with Crippen molar-refractivity contribution in [1.29, 1.82) is 0 Å². The van der Waals surface area contributed by atoms with Crippen LogP contribution in [0.5, 0.6) is 0 Å². The third-order valence-electron chi connectivity index (χ3n) is 3.25. The Morgan fingerprint density at radius 1 is 0.944 bits per heavy atom. The molecule has 1 N–H and O–H groups in total. The molecule has 0 aliphatic carbocycles. The maximum absolute atomic E-state index is 14.0.